The van der Waals surface area contributed by atoms with Crippen molar-refractivity contribution in [2.24, 2.45) is 5.92 Å². The van der Waals surface area contributed by atoms with E-state index in [1.165, 1.54) is 25.2 Å². The molecule has 0 saturated heterocycles. The molecule has 1 aromatic rings. The average molecular weight is 235 g/mol. The third-order valence-corrected chi connectivity index (χ3v) is 3.89. The first-order valence-electron chi connectivity index (χ1n) is 4.47. The minimum absolute atomic E-state index is 0.0756. The van der Waals surface area contributed by atoms with Crippen LogP contribution in [-0.2, 0) is 9.05 Å². The van der Waals surface area contributed by atoms with Crippen LogP contribution in [0.4, 0.5) is 0 Å². The highest BCUT2D eigenvalue weighted by Crippen LogP contribution is 2.39. The van der Waals surface area contributed by atoms with Gasteiger partial charge in [-0.05, 0) is 25.7 Å². The molecule has 0 spiro atoms. The summed E-state index contributed by atoms with van der Waals surface area (Å²) in [5.74, 6) is 0.640. The minimum atomic E-state index is -3.63. The molecule has 14 heavy (non-hydrogen) atoms. The summed E-state index contributed by atoms with van der Waals surface area (Å²) >= 11 is 0. The van der Waals surface area contributed by atoms with E-state index in [9.17, 15) is 8.42 Å². The van der Waals surface area contributed by atoms with Gasteiger partial charge in [0.25, 0.3) is 9.05 Å². The van der Waals surface area contributed by atoms with Gasteiger partial charge < -0.3 is 0 Å². The largest absolute Gasteiger partial charge is 0.268 e. The first-order chi connectivity index (χ1) is 6.48. The minimum Gasteiger partial charge on any atom is -0.268 e. The highest BCUT2D eigenvalue weighted by molar-refractivity contribution is 8.13. The van der Waals surface area contributed by atoms with E-state index in [-0.39, 0.29) is 10.9 Å². The van der Waals surface area contributed by atoms with Crippen LogP contribution >= 0.6 is 10.7 Å². The molecule has 0 N–H and O–H groups in total. The number of halogens is 1. The Kier molecular flexibility index (Phi) is 2.31. The van der Waals surface area contributed by atoms with Crippen molar-refractivity contribution in [2.45, 2.75) is 30.7 Å². The summed E-state index contributed by atoms with van der Waals surface area (Å²) in [5, 5.41) is 4.00. The lowest BCUT2D eigenvalue weighted by molar-refractivity contribution is 0.439. The van der Waals surface area contributed by atoms with Crippen LogP contribution in [0.5, 0.6) is 0 Å². The van der Waals surface area contributed by atoms with Gasteiger partial charge >= 0.3 is 0 Å². The molecule has 1 atom stereocenters. The molecule has 0 aliphatic heterocycles. The van der Waals surface area contributed by atoms with Crippen molar-refractivity contribution >= 4 is 19.7 Å². The molecule has 78 valence electrons. The van der Waals surface area contributed by atoms with Crippen LogP contribution < -0.4 is 0 Å². The third kappa shape index (κ3) is 1.93. The summed E-state index contributed by atoms with van der Waals surface area (Å²) in [4.78, 5) is 0.0756. The fourth-order valence-electron chi connectivity index (χ4n) is 1.46. The van der Waals surface area contributed by atoms with Crippen molar-refractivity contribution in [1.82, 2.24) is 9.78 Å². The molecule has 1 aliphatic rings. The lowest BCUT2D eigenvalue weighted by Crippen LogP contribution is -2.07. The third-order valence-electron chi connectivity index (χ3n) is 2.58. The lowest BCUT2D eigenvalue weighted by Gasteiger charge is -2.09. The van der Waals surface area contributed by atoms with E-state index in [2.05, 4.69) is 5.10 Å². The topological polar surface area (TPSA) is 52.0 Å². The Balaban J connectivity index is 2.25. The maximum atomic E-state index is 11.0. The Morgan fingerprint density at radius 2 is 2.29 bits per heavy atom. The van der Waals surface area contributed by atoms with Crippen molar-refractivity contribution in [3.63, 3.8) is 0 Å². The number of nitrogens with zero attached hydrogens (tertiary/aromatic N) is 2. The zero-order chi connectivity index (χ0) is 10.3. The van der Waals surface area contributed by atoms with E-state index in [0.29, 0.717) is 5.92 Å². The van der Waals surface area contributed by atoms with E-state index in [1.807, 2.05) is 6.92 Å². The fraction of sp³-hybridized carbons (Fsp3) is 0.625. The zero-order valence-electron chi connectivity index (χ0n) is 7.72. The smallest absolute Gasteiger partial charge is 0.264 e. The Hall–Kier alpha value is -0.550. The van der Waals surface area contributed by atoms with E-state index in [0.717, 1.165) is 0 Å². The van der Waals surface area contributed by atoms with Crippen molar-refractivity contribution in [3.8, 4) is 0 Å². The highest BCUT2D eigenvalue weighted by Gasteiger charge is 2.30. The number of aromatic nitrogens is 2. The van der Waals surface area contributed by atoms with Gasteiger partial charge in [-0.25, -0.2) is 8.42 Å². The summed E-state index contributed by atoms with van der Waals surface area (Å²) in [6.45, 7) is 2.04. The van der Waals surface area contributed by atoms with Crippen molar-refractivity contribution in [2.75, 3.05) is 0 Å². The Morgan fingerprint density at radius 1 is 1.64 bits per heavy atom. The number of hydrogen-bond donors (Lipinski definition) is 0. The molecular weight excluding hydrogens is 224 g/mol. The molecule has 4 nitrogen and oxygen atoms in total. The van der Waals surface area contributed by atoms with Gasteiger partial charge in [0, 0.05) is 16.9 Å². The monoisotopic (exact) mass is 234 g/mol. The van der Waals surface area contributed by atoms with Gasteiger partial charge in [0.1, 0.15) is 4.90 Å². The van der Waals surface area contributed by atoms with Gasteiger partial charge in [-0.3, -0.25) is 4.68 Å². The van der Waals surface area contributed by atoms with Crippen LogP contribution in [-0.4, -0.2) is 18.2 Å². The van der Waals surface area contributed by atoms with Crippen LogP contribution in [0.15, 0.2) is 17.3 Å². The van der Waals surface area contributed by atoms with Crippen LogP contribution in [0.1, 0.15) is 25.8 Å². The highest BCUT2D eigenvalue weighted by atomic mass is 35.7. The summed E-state index contributed by atoms with van der Waals surface area (Å²) in [7, 11) is 1.56. The fourth-order valence-corrected chi connectivity index (χ4v) is 2.11. The van der Waals surface area contributed by atoms with Crippen molar-refractivity contribution in [3.05, 3.63) is 12.4 Å². The molecule has 1 saturated carbocycles. The molecule has 1 aliphatic carbocycles. The van der Waals surface area contributed by atoms with Gasteiger partial charge in [0.15, 0.2) is 0 Å². The molecule has 1 aromatic heterocycles. The van der Waals surface area contributed by atoms with Gasteiger partial charge in [-0.1, -0.05) is 0 Å². The Morgan fingerprint density at radius 3 is 2.71 bits per heavy atom. The lowest BCUT2D eigenvalue weighted by atomic mass is 10.2. The molecular formula is C8H11ClN2O2S. The van der Waals surface area contributed by atoms with E-state index in [4.69, 9.17) is 10.7 Å². The second-order valence-corrected chi connectivity index (χ2v) is 6.24. The van der Waals surface area contributed by atoms with Crippen LogP contribution in [0.25, 0.3) is 0 Å². The van der Waals surface area contributed by atoms with Crippen LogP contribution in [0, 0.1) is 5.92 Å². The molecule has 1 unspecified atom stereocenters. The van der Waals surface area contributed by atoms with Gasteiger partial charge in [-0.15, -0.1) is 0 Å². The molecule has 0 aromatic carbocycles. The molecule has 1 fully saturated rings. The first-order valence-corrected chi connectivity index (χ1v) is 6.78. The molecule has 2 rings (SSSR count). The average Bonchev–Trinajstić information content (AvgIpc) is 2.79. The van der Waals surface area contributed by atoms with Crippen molar-refractivity contribution < 1.29 is 8.42 Å². The van der Waals surface area contributed by atoms with E-state index >= 15 is 0 Å². The summed E-state index contributed by atoms with van der Waals surface area (Å²) in [6.07, 6.45) is 5.18. The van der Waals surface area contributed by atoms with Gasteiger partial charge in [0.05, 0.1) is 12.2 Å². The first kappa shape index (κ1) is 9.98. The summed E-state index contributed by atoms with van der Waals surface area (Å²) in [5.41, 5.74) is 0. The molecule has 0 amide bonds. The van der Waals surface area contributed by atoms with Gasteiger partial charge in [0.2, 0.25) is 0 Å². The van der Waals surface area contributed by atoms with E-state index < -0.39 is 9.05 Å². The second-order valence-electron chi connectivity index (χ2n) is 3.67. The number of rotatable bonds is 3. The molecule has 0 bridgehead atoms. The Labute approximate surface area is 87.3 Å². The van der Waals surface area contributed by atoms with Crippen LogP contribution in [0.3, 0.4) is 0 Å². The Bertz CT molecular complexity index is 436. The maximum Gasteiger partial charge on any atom is 0.264 e. The standard InChI is InChI=1S/C8H11ClN2O2S/c1-6(7-2-3-7)11-5-8(4-10-11)14(9,12)13/h4-7H,2-3H2,1H3. The van der Waals surface area contributed by atoms with E-state index in [1.54, 1.807) is 4.68 Å². The molecule has 1 heterocycles. The maximum absolute atomic E-state index is 11.0. The molecule has 0 radical (unpaired) electrons. The second kappa shape index (κ2) is 3.24. The van der Waals surface area contributed by atoms with Crippen LogP contribution in [0.2, 0.25) is 0 Å². The van der Waals surface area contributed by atoms with Crippen molar-refractivity contribution in [1.29, 1.82) is 0 Å². The predicted molar refractivity (Wildman–Crippen MR) is 52.7 cm³/mol. The quantitative estimate of drug-likeness (QED) is 0.750. The predicted octanol–water partition coefficient (Wildman–Crippen LogP) is 1.78. The summed E-state index contributed by atoms with van der Waals surface area (Å²) in [6, 6.07) is 0.266. The normalized spacial score (nSPS) is 19.6. The zero-order valence-corrected chi connectivity index (χ0v) is 9.29. The number of hydrogen-bond acceptors (Lipinski definition) is 3. The SMILES string of the molecule is CC(C1CC1)n1cc(S(=O)(=O)Cl)cn1. The summed E-state index contributed by atoms with van der Waals surface area (Å²) < 4.78 is 23.6. The molecule has 6 heteroatoms. The van der Waals surface area contributed by atoms with Gasteiger partial charge in [-0.2, -0.15) is 5.10 Å².